The van der Waals surface area contributed by atoms with Crippen LogP contribution in [-0.2, 0) is 23.9 Å². The number of rotatable bonds is 6. The molecule has 7 atom stereocenters. The highest BCUT2D eigenvalue weighted by molar-refractivity contribution is 5.92. The van der Waals surface area contributed by atoms with Gasteiger partial charge in [0.1, 0.15) is 5.60 Å². The lowest BCUT2D eigenvalue weighted by Crippen LogP contribution is -2.62. The van der Waals surface area contributed by atoms with Gasteiger partial charge in [-0.3, -0.25) is 19.2 Å². The molecule has 0 aromatic rings. The largest absolute Gasteiger partial charge is 0.481 e. The molecule has 0 bridgehead atoms. The summed E-state index contributed by atoms with van der Waals surface area (Å²) < 4.78 is 4.97. The van der Waals surface area contributed by atoms with Crippen LogP contribution in [0.25, 0.3) is 0 Å². The van der Waals surface area contributed by atoms with E-state index in [1.807, 2.05) is 6.92 Å². The number of carboxylic acids is 1. The van der Waals surface area contributed by atoms with Gasteiger partial charge in [0.2, 0.25) is 5.78 Å². The summed E-state index contributed by atoms with van der Waals surface area (Å²) in [5.41, 5.74) is -1.68. The Morgan fingerprint density at radius 1 is 1.12 bits per heavy atom. The van der Waals surface area contributed by atoms with E-state index in [0.29, 0.717) is 12.8 Å². The predicted octanol–water partition coefficient (Wildman–Crippen LogP) is 2.20. The minimum absolute atomic E-state index is 0.0185. The van der Waals surface area contributed by atoms with Gasteiger partial charge in [-0.2, -0.15) is 0 Å². The summed E-state index contributed by atoms with van der Waals surface area (Å²) in [5.74, 6) is -2.20. The van der Waals surface area contributed by atoms with Gasteiger partial charge in [-0.25, -0.2) is 0 Å². The van der Waals surface area contributed by atoms with Crippen LogP contribution in [0.15, 0.2) is 11.6 Å². The molecule has 4 aliphatic carbocycles. The molecule has 0 unspecified atom stereocenters. The quantitative estimate of drug-likeness (QED) is 0.511. The van der Waals surface area contributed by atoms with E-state index in [1.54, 1.807) is 6.08 Å². The Balaban J connectivity index is 1.53. The molecule has 3 N–H and O–H groups in total. The Kier molecular flexibility index (Phi) is 6.06. The molecule has 0 aromatic carbocycles. The Morgan fingerprint density at radius 2 is 1.85 bits per heavy atom. The van der Waals surface area contributed by atoms with Crippen LogP contribution in [-0.4, -0.2) is 57.1 Å². The number of carboxylic acid groups (broad SMARTS) is 1. The average molecular weight is 463 g/mol. The molecular formula is C25H34O8. The highest BCUT2D eigenvalue weighted by Gasteiger charge is 2.68. The summed E-state index contributed by atoms with van der Waals surface area (Å²) in [6.45, 7) is 3.41. The lowest BCUT2D eigenvalue weighted by atomic mass is 9.45. The molecule has 8 heteroatoms. The molecule has 4 aliphatic rings. The molecule has 8 nitrogen and oxygen atoms in total. The summed E-state index contributed by atoms with van der Waals surface area (Å²) in [6.07, 6.45) is 4.30. The zero-order chi connectivity index (χ0) is 24.2. The number of aliphatic hydroxyl groups is 2. The zero-order valence-electron chi connectivity index (χ0n) is 19.3. The lowest BCUT2D eigenvalue weighted by molar-refractivity contribution is -0.184. The van der Waals surface area contributed by atoms with Gasteiger partial charge in [0.05, 0.1) is 18.9 Å². The third-order valence-corrected chi connectivity index (χ3v) is 9.42. The van der Waals surface area contributed by atoms with E-state index in [1.165, 1.54) is 0 Å². The van der Waals surface area contributed by atoms with Crippen molar-refractivity contribution in [1.82, 2.24) is 0 Å². The van der Waals surface area contributed by atoms with E-state index in [-0.39, 0.29) is 54.6 Å². The van der Waals surface area contributed by atoms with E-state index in [2.05, 4.69) is 6.92 Å². The smallest absolute Gasteiger partial charge is 0.306 e. The Hall–Kier alpha value is -2.06. The fourth-order valence-corrected chi connectivity index (χ4v) is 7.70. The number of hydrogen-bond acceptors (Lipinski definition) is 7. The van der Waals surface area contributed by atoms with Crippen LogP contribution in [0.3, 0.4) is 0 Å². The van der Waals surface area contributed by atoms with Crippen molar-refractivity contribution in [3.05, 3.63) is 11.6 Å². The van der Waals surface area contributed by atoms with Crippen LogP contribution in [0.4, 0.5) is 0 Å². The first-order valence-corrected chi connectivity index (χ1v) is 12.0. The molecule has 0 saturated heterocycles. The Bertz CT molecular complexity index is 908. The fourth-order valence-electron chi connectivity index (χ4n) is 7.70. The minimum Gasteiger partial charge on any atom is -0.481 e. The topological polar surface area (TPSA) is 138 Å². The molecule has 0 aromatic heterocycles. The highest BCUT2D eigenvalue weighted by Crippen LogP contribution is 2.67. The molecule has 0 spiro atoms. The first-order valence-electron chi connectivity index (χ1n) is 12.0. The van der Waals surface area contributed by atoms with Crippen LogP contribution in [0, 0.1) is 28.6 Å². The SMILES string of the molecule is C[C@]12CCC(=O)C=C1CC[C@@H]1[C@@H]2[C@H](O)C[C@@]2(C)[C@H]1CC[C@]2(O)C(=O)COC(=O)CCC(=O)O. The number of Topliss-reactive ketones (excluding diaryl/α,β-unsaturated/α-hetero) is 1. The molecule has 3 fully saturated rings. The van der Waals surface area contributed by atoms with Crippen molar-refractivity contribution in [2.75, 3.05) is 6.61 Å². The van der Waals surface area contributed by atoms with Gasteiger partial charge in [-0.1, -0.05) is 19.4 Å². The summed E-state index contributed by atoms with van der Waals surface area (Å²) in [7, 11) is 0. The van der Waals surface area contributed by atoms with Crippen LogP contribution in [0.2, 0.25) is 0 Å². The van der Waals surface area contributed by atoms with Crippen LogP contribution < -0.4 is 0 Å². The van der Waals surface area contributed by atoms with Gasteiger partial charge in [-0.15, -0.1) is 0 Å². The summed E-state index contributed by atoms with van der Waals surface area (Å²) in [5, 5.41) is 31.6. The van der Waals surface area contributed by atoms with Crippen molar-refractivity contribution in [1.29, 1.82) is 0 Å². The number of carbonyl (C=O) groups excluding carboxylic acids is 3. The third-order valence-electron chi connectivity index (χ3n) is 9.42. The van der Waals surface area contributed by atoms with E-state index in [9.17, 15) is 29.4 Å². The number of aliphatic hydroxyl groups excluding tert-OH is 1. The van der Waals surface area contributed by atoms with E-state index < -0.39 is 41.4 Å². The first kappa shape index (κ1) is 24.1. The van der Waals surface area contributed by atoms with Crippen LogP contribution in [0.1, 0.15) is 71.6 Å². The standard InChI is InChI=1S/C25H34O8/c1-23-9-7-15(26)11-14(23)3-4-16-17-8-10-25(32,24(17,2)12-18(27)22(16)23)19(28)13-33-21(31)6-5-20(29)30/h11,16-18,22,27,32H,3-10,12-13H2,1-2H3,(H,29,30)/t16-,17-,18+,22+,23-,24-,25-/m0/s1. The monoisotopic (exact) mass is 462 g/mol. The first-order chi connectivity index (χ1) is 15.4. The molecule has 0 amide bonds. The highest BCUT2D eigenvalue weighted by atomic mass is 16.5. The number of ether oxygens (including phenoxy) is 1. The van der Waals surface area contributed by atoms with Crippen LogP contribution >= 0.6 is 0 Å². The maximum atomic E-state index is 13.1. The van der Waals surface area contributed by atoms with Crippen molar-refractivity contribution < 1.29 is 39.2 Å². The second kappa shape index (κ2) is 8.31. The average Bonchev–Trinajstić information content (AvgIpc) is 3.02. The van der Waals surface area contributed by atoms with Gasteiger partial charge in [0.15, 0.2) is 12.4 Å². The number of aliphatic carboxylic acids is 1. The van der Waals surface area contributed by atoms with Gasteiger partial charge in [-0.05, 0) is 67.8 Å². The van der Waals surface area contributed by atoms with E-state index in [4.69, 9.17) is 9.84 Å². The predicted molar refractivity (Wildman–Crippen MR) is 116 cm³/mol. The summed E-state index contributed by atoms with van der Waals surface area (Å²) in [6, 6.07) is 0. The fraction of sp³-hybridized carbons (Fsp3) is 0.760. The van der Waals surface area contributed by atoms with Crippen molar-refractivity contribution in [2.24, 2.45) is 28.6 Å². The number of fused-ring (bicyclic) bond motifs is 5. The van der Waals surface area contributed by atoms with Gasteiger partial charge < -0.3 is 20.1 Å². The molecule has 182 valence electrons. The molecule has 0 heterocycles. The Morgan fingerprint density at radius 3 is 2.55 bits per heavy atom. The third kappa shape index (κ3) is 3.75. The zero-order valence-corrected chi connectivity index (χ0v) is 19.3. The van der Waals surface area contributed by atoms with Crippen molar-refractivity contribution in [3.63, 3.8) is 0 Å². The molecule has 33 heavy (non-hydrogen) atoms. The number of allylic oxidation sites excluding steroid dienone is 1. The second-order valence-corrected chi connectivity index (χ2v) is 11.0. The summed E-state index contributed by atoms with van der Waals surface area (Å²) >= 11 is 0. The summed E-state index contributed by atoms with van der Waals surface area (Å²) in [4.78, 5) is 47.5. The van der Waals surface area contributed by atoms with Gasteiger partial charge in [0, 0.05) is 11.8 Å². The van der Waals surface area contributed by atoms with Crippen molar-refractivity contribution >= 4 is 23.5 Å². The minimum atomic E-state index is -1.71. The maximum Gasteiger partial charge on any atom is 0.306 e. The molecular weight excluding hydrogens is 428 g/mol. The Labute approximate surface area is 193 Å². The van der Waals surface area contributed by atoms with Crippen LogP contribution in [0.5, 0.6) is 0 Å². The van der Waals surface area contributed by atoms with Crippen molar-refractivity contribution in [3.8, 4) is 0 Å². The van der Waals surface area contributed by atoms with Crippen molar-refractivity contribution in [2.45, 2.75) is 83.3 Å². The molecule has 4 rings (SSSR count). The normalized spacial score (nSPS) is 41.9. The molecule has 3 saturated carbocycles. The van der Waals surface area contributed by atoms with Gasteiger partial charge in [0.25, 0.3) is 0 Å². The number of carbonyl (C=O) groups is 4. The van der Waals surface area contributed by atoms with Gasteiger partial charge >= 0.3 is 11.9 Å². The number of esters is 1. The number of hydrogen-bond donors (Lipinski definition) is 3. The second-order valence-electron chi connectivity index (χ2n) is 11.0. The maximum absolute atomic E-state index is 13.1. The number of ketones is 2. The lowest BCUT2D eigenvalue weighted by Gasteiger charge is -2.60. The molecule has 0 aliphatic heterocycles. The van der Waals surface area contributed by atoms with E-state index in [0.717, 1.165) is 24.8 Å². The van der Waals surface area contributed by atoms with E-state index >= 15 is 0 Å². The molecule has 0 radical (unpaired) electrons.